The smallest absolute Gasteiger partial charge is 0.393 e. The molecule has 2 aromatic rings. The number of rotatable bonds is 2. The van der Waals surface area contributed by atoms with E-state index in [4.69, 9.17) is 0 Å². The number of benzene rings is 2. The van der Waals surface area contributed by atoms with Gasteiger partial charge in [0.2, 0.25) is 0 Å². The van der Waals surface area contributed by atoms with E-state index >= 15 is 0 Å². The molecule has 1 fully saturated rings. The Bertz CT molecular complexity index is 1010. The molecule has 0 radical (unpaired) electrons. The Labute approximate surface area is 172 Å². The van der Waals surface area contributed by atoms with Crippen LogP contribution in [0.2, 0.25) is 0 Å². The highest BCUT2D eigenvalue weighted by molar-refractivity contribution is 5.99. The van der Waals surface area contributed by atoms with Crippen molar-refractivity contribution in [3.05, 3.63) is 69.8 Å². The third kappa shape index (κ3) is 4.50. The minimum Gasteiger partial charge on any atom is -0.393 e. The lowest BCUT2D eigenvalue weighted by molar-refractivity contribution is -0.138. The molecule has 0 bridgehead atoms. The number of hydrogen-bond donors (Lipinski definition) is 2. The fraction of sp³-hybridized carbons (Fsp3) is 0.348. The number of aliphatic hydroxyl groups is 1. The van der Waals surface area contributed by atoms with Gasteiger partial charge in [0, 0.05) is 42.9 Å². The zero-order chi connectivity index (χ0) is 21.3. The molecule has 2 aliphatic heterocycles. The zero-order valence-electron chi connectivity index (χ0n) is 16.2. The van der Waals surface area contributed by atoms with Crippen LogP contribution in [0.4, 0.5) is 13.2 Å². The minimum atomic E-state index is -4.54. The molecule has 0 aromatic heterocycles. The van der Waals surface area contributed by atoms with E-state index in [0.717, 1.165) is 44.1 Å². The van der Waals surface area contributed by atoms with Crippen molar-refractivity contribution in [2.75, 3.05) is 13.1 Å². The number of aliphatic hydroxyl groups excluding tert-OH is 1. The van der Waals surface area contributed by atoms with Gasteiger partial charge in [0.05, 0.1) is 11.7 Å². The van der Waals surface area contributed by atoms with Crippen LogP contribution < -0.4 is 5.32 Å². The van der Waals surface area contributed by atoms with Gasteiger partial charge in [0.15, 0.2) is 0 Å². The molecule has 4 nitrogen and oxygen atoms in total. The van der Waals surface area contributed by atoms with Gasteiger partial charge in [0.25, 0.3) is 5.91 Å². The van der Waals surface area contributed by atoms with E-state index < -0.39 is 17.6 Å². The van der Waals surface area contributed by atoms with E-state index in [2.05, 4.69) is 22.1 Å². The van der Waals surface area contributed by atoms with Gasteiger partial charge in [-0.1, -0.05) is 24.0 Å². The first-order valence-corrected chi connectivity index (χ1v) is 9.83. The van der Waals surface area contributed by atoms with Gasteiger partial charge in [0.1, 0.15) is 0 Å². The Morgan fingerprint density at radius 3 is 2.40 bits per heavy atom. The van der Waals surface area contributed by atoms with Gasteiger partial charge in [-0.05, 0) is 48.2 Å². The topological polar surface area (TPSA) is 52.6 Å². The van der Waals surface area contributed by atoms with Crippen LogP contribution in [0.3, 0.4) is 0 Å². The highest BCUT2D eigenvalue weighted by atomic mass is 19.4. The molecular formula is C23H21F3N2O2. The third-order valence-corrected chi connectivity index (χ3v) is 5.49. The number of nitrogens with one attached hydrogen (secondary N) is 1. The highest BCUT2D eigenvalue weighted by Crippen LogP contribution is 2.36. The van der Waals surface area contributed by atoms with Crippen molar-refractivity contribution in [2.24, 2.45) is 0 Å². The molecule has 0 saturated carbocycles. The van der Waals surface area contributed by atoms with Crippen molar-refractivity contribution in [1.82, 2.24) is 10.2 Å². The van der Waals surface area contributed by atoms with Gasteiger partial charge in [-0.3, -0.25) is 9.69 Å². The quantitative estimate of drug-likeness (QED) is 0.742. The molecule has 30 heavy (non-hydrogen) atoms. The van der Waals surface area contributed by atoms with Crippen molar-refractivity contribution < 1.29 is 23.1 Å². The lowest BCUT2D eigenvalue weighted by Gasteiger charge is -2.29. The molecule has 156 valence electrons. The number of likely N-dealkylation sites (tertiary alicyclic amines) is 1. The number of amides is 1. The third-order valence-electron chi connectivity index (χ3n) is 5.49. The lowest BCUT2D eigenvalue weighted by atomic mass is 9.99. The Morgan fingerprint density at radius 1 is 1.07 bits per heavy atom. The fourth-order valence-corrected chi connectivity index (χ4v) is 3.83. The molecule has 1 saturated heterocycles. The molecule has 0 atom stereocenters. The summed E-state index contributed by atoms with van der Waals surface area (Å²) in [6.45, 7) is 2.38. The maximum atomic E-state index is 13.4. The van der Waals surface area contributed by atoms with E-state index in [0.29, 0.717) is 5.56 Å². The average Bonchev–Trinajstić information content (AvgIpc) is 3.09. The zero-order valence-corrected chi connectivity index (χ0v) is 16.2. The monoisotopic (exact) mass is 414 g/mol. The van der Waals surface area contributed by atoms with E-state index in [9.17, 15) is 23.1 Å². The SMILES string of the molecule is O=C1NCc2c1cc(C#Cc1ccc(CN3CCC(O)CC3)cc1)cc2C(F)(F)F. The number of carbonyl (C=O) groups excluding carboxylic acids is 1. The van der Waals surface area contributed by atoms with Crippen LogP contribution in [-0.4, -0.2) is 35.1 Å². The van der Waals surface area contributed by atoms with E-state index in [1.165, 1.54) is 6.07 Å². The molecule has 2 heterocycles. The molecule has 2 aromatic carbocycles. The van der Waals surface area contributed by atoms with Gasteiger partial charge in [-0.25, -0.2) is 0 Å². The Morgan fingerprint density at radius 2 is 1.73 bits per heavy atom. The lowest BCUT2D eigenvalue weighted by Crippen LogP contribution is -2.35. The van der Waals surface area contributed by atoms with Crippen molar-refractivity contribution in [3.63, 3.8) is 0 Å². The molecule has 1 amide bonds. The second-order valence-corrected chi connectivity index (χ2v) is 7.68. The summed E-state index contributed by atoms with van der Waals surface area (Å²) in [5.74, 6) is 5.14. The molecule has 0 aliphatic carbocycles. The summed E-state index contributed by atoms with van der Waals surface area (Å²) in [5, 5.41) is 12.0. The number of halogens is 3. The number of carbonyl (C=O) groups is 1. The highest BCUT2D eigenvalue weighted by Gasteiger charge is 2.37. The first kappa shape index (κ1) is 20.5. The van der Waals surface area contributed by atoms with Crippen molar-refractivity contribution in [3.8, 4) is 11.8 Å². The van der Waals surface area contributed by atoms with Gasteiger partial charge < -0.3 is 10.4 Å². The van der Waals surface area contributed by atoms with Crippen LogP contribution in [0.5, 0.6) is 0 Å². The second kappa shape index (κ2) is 8.13. The number of hydrogen-bond acceptors (Lipinski definition) is 3. The van der Waals surface area contributed by atoms with Gasteiger partial charge in [-0.15, -0.1) is 0 Å². The van der Waals surface area contributed by atoms with Crippen LogP contribution in [-0.2, 0) is 19.3 Å². The van der Waals surface area contributed by atoms with Crippen molar-refractivity contribution in [1.29, 1.82) is 0 Å². The second-order valence-electron chi connectivity index (χ2n) is 7.68. The Balaban J connectivity index is 1.51. The summed E-state index contributed by atoms with van der Waals surface area (Å²) in [4.78, 5) is 14.1. The first-order chi connectivity index (χ1) is 14.3. The molecule has 7 heteroatoms. The Kier molecular flexibility index (Phi) is 5.54. The van der Waals surface area contributed by atoms with Crippen molar-refractivity contribution in [2.45, 2.75) is 38.2 Å². The maximum Gasteiger partial charge on any atom is 0.416 e. The number of alkyl halides is 3. The fourth-order valence-electron chi connectivity index (χ4n) is 3.83. The Hall–Kier alpha value is -2.82. The number of fused-ring (bicyclic) bond motifs is 1. The molecule has 2 aliphatic rings. The molecule has 4 rings (SSSR count). The standard InChI is InChI=1S/C23H21F3N2O2/c24-23(25,26)21-12-17(11-19-20(21)13-27-22(19)30)6-3-15-1-4-16(5-2-15)14-28-9-7-18(29)8-10-28/h1-2,4-5,11-12,18,29H,7-10,13-14H2,(H,27,30). The maximum absolute atomic E-state index is 13.4. The largest absolute Gasteiger partial charge is 0.416 e. The first-order valence-electron chi connectivity index (χ1n) is 9.83. The summed E-state index contributed by atoms with van der Waals surface area (Å²) in [5.41, 5.74) is 1.17. The average molecular weight is 414 g/mol. The predicted molar refractivity (Wildman–Crippen MR) is 106 cm³/mol. The summed E-state index contributed by atoms with van der Waals surface area (Å²) < 4.78 is 40.1. The molecule has 2 N–H and O–H groups in total. The molecule has 0 unspecified atom stereocenters. The van der Waals surface area contributed by atoms with E-state index in [1.807, 2.05) is 24.3 Å². The summed E-state index contributed by atoms with van der Waals surface area (Å²) in [6, 6.07) is 10.0. The normalized spacial score (nSPS) is 17.3. The summed E-state index contributed by atoms with van der Waals surface area (Å²) >= 11 is 0. The summed E-state index contributed by atoms with van der Waals surface area (Å²) in [7, 11) is 0. The molecule has 0 spiro atoms. The predicted octanol–water partition coefficient (Wildman–Crippen LogP) is 3.31. The summed E-state index contributed by atoms with van der Waals surface area (Å²) in [6.07, 6.45) is -3.19. The van der Waals surface area contributed by atoms with E-state index in [-0.39, 0.29) is 29.3 Å². The van der Waals surface area contributed by atoms with Crippen LogP contribution in [0, 0.1) is 11.8 Å². The van der Waals surface area contributed by atoms with Crippen LogP contribution in [0.15, 0.2) is 36.4 Å². The number of nitrogens with zero attached hydrogens (tertiary/aromatic N) is 1. The van der Waals surface area contributed by atoms with Crippen LogP contribution in [0.25, 0.3) is 0 Å². The minimum absolute atomic E-state index is 0.0207. The number of piperidine rings is 1. The van der Waals surface area contributed by atoms with E-state index in [1.54, 1.807) is 0 Å². The molecular weight excluding hydrogens is 393 g/mol. The van der Waals surface area contributed by atoms with Crippen molar-refractivity contribution >= 4 is 5.91 Å². The van der Waals surface area contributed by atoms with Gasteiger partial charge >= 0.3 is 6.18 Å². The van der Waals surface area contributed by atoms with Crippen LogP contribution in [0.1, 0.15) is 51.0 Å². The van der Waals surface area contributed by atoms with Crippen LogP contribution >= 0.6 is 0 Å². The van der Waals surface area contributed by atoms with Gasteiger partial charge in [-0.2, -0.15) is 13.2 Å².